The zero-order chi connectivity index (χ0) is 17.0. The number of benzene rings is 1. The maximum atomic E-state index is 12.5. The summed E-state index contributed by atoms with van der Waals surface area (Å²) < 4.78 is 5.26. The van der Waals surface area contributed by atoms with E-state index in [9.17, 15) is 9.59 Å². The second kappa shape index (κ2) is 7.26. The fourth-order valence-electron chi connectivity index (χ4n) is 2.70. The van der Waals surface area contributed by atoms with Crippen LogP contribution >= 0.6 is 0 Å². The number of amides is 1. The Morgan fingerprint density at radius 3 is 2.35 bits per heavy atom. The van der Waals surface area contributed by atoms with Crippen LogP contribution < -0.4 is 5.32 Å². The largest absolute Gasteiger partial charge is 0.361 e. The van der Waals surface area contributed by atoms with Crippen molar-refractivity contribution in [3.05, 3.63) is 35.9 Å². The maximum absolute atomic E-state index is 12.5. The molecule has 0 spiro atoms. The molecule has 126 valence electrons. The molecule has 1 amide bonds. The molecule has 0 aromatic heterocycles. The first-order chi connectivity index (χ1) is 10.8. The molecular formula is C19H27NO3. The van der Waals surface area contributed by atoms with Crippen LogP contribution in [0.4, 0.5) is 0 Å². The lowest BCUT2D eigenvalue weighted by Crippen LogP contribution is -2.48. The highest BCUT2D eigenvalue weighted by atomic mass is 16.6. The van der Waals surface area contributed by atoms with Gasteiger partial charge >= 0.3 is 0 Å². The monoisotopic (exact) mass is 317 g/mol. The van der Waals surface area contributed by atoms with E-state index in [1.807, 2.05) is 37.3 Å². The van der Waals surface area contributed by atoms with Gasteiger partial charge in [0.05, 0.1) is 12.6 Å². The van der Waals surface area contributed by atoms with Gasteiger partial charge in [-0.25, -0.2) is 0 Å². The summed E-state index contributed by atoms with van der Waals surface area (Å²) in [6, 6.07) is 9.46. The molecule has 1 fully saturated rings. The summed E-state index contributed by atoms with van der Waals surface area (Å²) in [5.41, 5.74) is 0.426. The van der Waals surface area contributed by atoms with Crippen molar-refractivity contribution in [2.24, 2.45) is 11.8 Å². The molecule has 2 unspecified atom stereocenters. The number of epoxide rings is 1. The Kier molecular flexibility index (Phi) is 5.58. The van der Waals surface area contributed by atoms with Gasteiger partial charge in [0.1, 0.15) is 5.60 Å². The van der Waals surface area contributed by atoms with E-state index >= 15 is 0 Å². The number of ketones is 1. The van der Waals surface area contributed by atoms with Crippen LogP contribution in [0.5, 0.6) is 0 Å². The zero-order valence-electron chi connectivity index (χ0n) is 14.5. The lowest BCUT2D eigenvalue weighted by atomic mass is 9.92. The van der Waals surface area contributed by atoms with Gasteiger partial charge in [-0.1, -0.05) is 51.1 Å². The van der Waals surface area contributed by atoms with Gasteiger partial charge in [-0.05, 0) is 31.2 Å². The van der Waals surface area contributed by atoms with Crippen LogP contribution in [0.1, 0.15) is 39.7 Å². The highest BCUT2D eigenvalue weighted by Gasteiger charge is 2.50. The van der Waals surface area contributed by atoms with Crippen molar-refractivity contribution >= 4 is 11.7 Å². The van der Waals surface area contributed by atoms with Crippen molar-refractivity contribution < 1.29 is 14.3 Å². The van der Waals surface area contributed by atoms with Crippen LogP contribution in [-0.2, 0) is 20.7 Å². The number of hydrogen-bond donors (Lipinski definition) is 1. The first-order valence-electron chi connectivity index (χ1n) is 8.34. The molecule has 0 radical (unpaired) electrons. The molecule has 1 heterocycles. The van der Waals surface area contributed by atoms with Gasteiger partial charge in [0.15, 0.2) is 5.78 Å². The fraction of sp³-hybridized carbons (Fsp3) is 0.579. The molecule has 0 bridgehead atoms. The van der Waals surface area contributed by atoms with Gasteiger partial charge in [-0.2, -0.15) is 0 Å². The molecular weight excluding hydrogens is 290 g/mol. The van der Waals surface area contributed by atoms with Crippen LogP contribution in [0.15, 0.2) is 30.3 Å². The molecule has 2 rings (SSSR count). The molecule has 4 heteroatoms. The number of hydrogen-bond acceptors (Lipinski definition) is 3. The SMILES string of the molecule is CC(C)CC(NC(=O)[C@@H](C)Cc1ccccc1)C(=O)C1(C)CO1. The number of nitrogens with one attached hydrogen (secondary N) is 1. The van der Waals surface area contributed by atoms with Gasteiger partial charge in [0, 0.05) is 5.92 Å². The minimum Gasteiger partial charge on any atom is -0.361 e. The quantitative estimate of drug-likeness (QED) is 0.750. The fourth-order valence-corrected chi connectivity index (χ4v) is 2.70. The normalized spacial score (nSPS) is 22.5. The maximum Gasteiger partial charge on any atom is 0.223 e. The smallest absolute Gasteiger partial charge is 0.223 e. The second-order valence-electron chi connectivity index (χ2n) is 7.17. The molecule has 0 aliphatic carbocycles. The van der Waals surface area contributed by atoms with Crippen molar-refractivity contribution in [3.63, 3.8) is 0 Å². The van der Waals surface area contributed by atoms with Gasteiger partial charge in [-0.15, -0.1) is 0 Å². The Morgan fingerprint density at radius 2 is 1.83 bits per heavy atom. The third-order valence-electron chi connectivity index (χ3n) is 4.27. The molecule has 1 saturated heterocycles. The summed E-state index contributed by atoms with van der Waals surface area (Å²) in [7, 11) is 0. The standard InChI is InChI=1S/C19H27NO3/c1-13(2)10-16(17(21)19(4)12-23-19)20-18(22)14(3)11-15-8-6-5-7-9-15/h5-9,13-14,16H,10-12H2,1-4H3,(H,20,22)/t14-,16?,19?/m0/s1. The summed E-state index contributed by atoms with van der Waals surface area (Å²) >= 11 is 0. The topological polar surface area (TPSA) is 58.7 Å². The third-order valence-corrected chi connectivity index (χ3v) is 4.27. The number of rotatable bonds is 8. The van der Waals surface area contributed by atoms with E-state index in [1.165, 1.54) is 0 Å². The Labute approximate surface area is 138 Å². The zero-order valence-corrected chi connectivity index (χ0v) is 14.5. The summed E-state index contributed by atoms with van der Waals surface area (Å²) in [6.07, 6.45) is 1.31. The van der Waals surface area contributed by atoms with E-state index < -0.39 is 11.6 Å². The van der Waals surface area contributed by atoms with E-state index in [-0.39, 0.29) is 17.6 Å². The van der Waals surface area contributed by atoms with Crippen LogP contribution in [-0.4, -0.2) is 29.9 Å². The summed E-state index contributed by atoms with van der Waals surface area (Å²) in [4.78, 5) is 25.0. The molecule has 3 atom stereocenters. The Hall–Kier alpha value is -1.68. The van der Waals surface area contributed by atoms with Crippen molar-refractivity contribution in [2.75, 3.05) is 6.61 Å². The lowest BCUT2D eigenvalue weighted by Gasteiger charge is -2.23. The average Bonchev–Trinajstić information content (AvgIpc) is 3.25. The minimum atomic E-state index is -0.699. The molecule has 1 aromatic rings. The molecule has 1 N–H and O–H groups in total. The van der Waals surface area contributed by atoms with Crippen LogP contribution in [0, 0.1) is 11.8 Å². The average molecular weight is 317 g/mol. The van der Waals surface area contributed by atoms with Crippen molar-refractivity contribution in [1.29, 1.82) is 0 Å². The van der Waals surface area contributed by atoms with E-state index in [4.69, 9.17) is 4.74 Å². The van der Waals surface area contributed by atoms with E-state index in [1.54, 1.807) is 6.92 Å². The van der Waals surface area contributed by atoms with Crippen LogP contribution in [0.3, 0.4) is 0 Å². The van der Waals surface area contributed by atoms with E-state index in [0.29, 0.717) is 25.4 Å². The van der Waals surface area contributed by atoms with Gasteiger partial charge < -0.3 is 10.1 Å². The molecule has 0 saturated carbocycles. The lowest BCUT2D eigenvalue weighted by molar-refractivity contribution is -0.132. The van der Waals surface area contributed by atoms with Crippen LogP contribution in [0.25, 0.3) is 0 Å². The Morgan fingerprint density at radius 1 is 1.22 bits per heavy atom. The first-order valence-corrected chi connectivity index (χ1v) is 8.34. The molecule has 4 nitrogen and oxygen atoms in total. The van der Waals surface area contributed by atoms with E-state index in [2.05, 4.69) is 19.2 Å². The summed E-state index contributed by atoms with van der Waals surface area (Å²) in [5.74, 6) is 0.0763. The highest BCUT2D eigenvalue weighted by Crippen LogP contribution is 2.29. The number of carbonyl (C=O) groups is 2. The Bertz CT molecular complexity index is 549. The number of ether oxygens (including phenoxy) is 1. The van der Waals surface area contributed by atoms with Crippen LogP contribution in [0.2, 0.25) is 0 Å². The van der Waals surface area contributed by atoms with Gasteiger partial charge in [0.25, 0.3) is 0 Å². The van der Waals surface area contributed by atoms with Crippen molar-refractivity contribution in [3.8, 4) is 0 Å². The number of carbonyl (C=O) groups excluding carboxylic acids is 2. The van der Waals surface area contributed by atoms with Gasteiger partial charge in [0.2, 0.25) is 5.91 Å². The second-order valence-corrected chi connectivity index (χ2v) is 7.17. The first kappa shape index (κ1) is 17.7. The molecule has 1 aromatic carbocycles. The summed E-state index contributed by atoms with van der Waals surface area (Å²) in [6.45, 7) is 8.25. The predicted molar refractivity (Wildman–Crippen MR) is 90.1 cm³/mol. The third kappa shape index (κ3) is 4.90. The molecule has 1 aliphatic heterocycles. The van der Waals surface area contributed by atoms with Gasteiger partial charge in [-0.3, -0.25) is 9.59 Å². The summed E-state index contributed by atoms with van der Waals surface area (Å²) in [5, 5.41) is 2.95. The highest BCUT2D eigenvalue weighted by molar-refractivity contribution is 5.96. The minimum absolute atomic E-state index is 0.00791. The molecule has 1 aliphatic rings. The van der Waals surface area contributed by atoms with Crippen molar-refractivity contribution in [1.82, 2.24) is 5.32 Å². The number of Topliss-reactive ketones (excluding diaryl/α,β-unsaturated/α-hetero) is 1. The Balaban J connectivity index is 1.97. The molecule has 23 heavy (non-hydrogen) atoms. The van der Waals surface area contributed by atoms with Crippen molar-refractivity contribution in [2.45, 2.75) is 52.2 Å². The predicted octanol–water partition coefficient (Wildman–Crippen LogP) is 2.75. The van der Waals surface area contributed by atoms with E-state index in [0.717, 1.165) is 5.56 Å².